The molecule has 0 aromatic heterocycles. The van der Waals surface area contributed by atoms with Gasteiger partial charge in [-0.15, -0.1) is 0 Å². The van der Waals surface area contributed by atoms with Crippen LogP contribution in [0.4, 0.5) is 0 Å². The highest BCUT2D eigenvalue weighted by Gasteiger charge is 2.32. The van der Waals surface area contributed by atoms with Crippen molar-refractivity contribution in [2.75, 3.05) is 13.6 Å². The third kappa shape index (κ3) is 2.71. The molecular weight excluding hydrogens is 206 g/mol. The van der Waals surface area contributed by atoms with Gasteiger partial charge in [-0.1, -0.05) is 50.5 Å². The Hall–Kier alpha value is -0.820. The molecule has 0 atom stereocenters. The van der Waals surface area contributed by atoms with Gasteiger partial charge >= 0.3 is 0 Å². The fourth-order valence-electron chi connectivity index (χ4n) is 3.23. The topological polar surface area (TPSA) is 12.0 Å². The minimum absolute atomic E-state index is 0.402. The molecule has 1 heteroatoms. The van der Waals surface area contributed by atoms with Gasteiger partial charge in [0.25, 0.3) is 0 Å². The summed E-state index contributed by atoms with van der Waals surface area (Å²) in [5, 5.41) is 3.41. The first-order valence-electron chi connectivity index (χ1n) is 7.05. The van der Waals surface area contributed by atoms with Crippen LogP contribution in [0.25, 0.3) is 0 Å². The lowest BCUT2D eigenvalue weighted by Gasteiger charge is -2.38. The highest BCUT2D eigenvalue weighted by molar-refractivity contribution is 5.30. The summed E-state index contributed by atoms with van der Waals surface area (Å²) in [5.74, 6) is 0. The number of rotatable bonds is 4. The van der Waals surface area contributed by atoms with Gasteiger partial charge < -0.3 is 5.32 Å². The molecule has 1 nitrogen and oxygen atoms in total. The van der Waals surface area contributed by atoms with Crippen LogP contribution in [0.1, 0.15) is 50.2 Å². The fraction of sp³-hybridized carbons (Fsp3) is 0.625. The van der Waals surface area contributed by atoms with E-state index < -0.39 is 0 Å². The number of aryl methyl sites for hydroxylation is 1. The molecule has 0 radical (unpaired) electrons. The molecule has 0 saturated heterocycles. The van der Waals surface area contributed by atoms with Crippen LogP contribution in [0.3, 0.4) is 0 Å². The van der Waals surface area contributed by atoms with Crippen molar-refractivity contribution < 1.29 is 0 Å². The minimum Gasteiger partial charge on any atom is -0.319 e. The van der Waals surface area contributed by atoms with E-state index in [1.165, 1.54) is 37.7 Å². The molecular formula is C16H25N. The molecule has 0 bridgehead atoms. The lowest BCUT2D eigenvalue weighted by atomic mass is 9.69. The zero-order valence-corrected chi connectivity index (χ0v) is 11.3. The Kier molecular flexibility index (Phi) is 4.22. The summed E-state index contributed by atoms with van der Waals surface area (Å²) < 4.78 is 0. The SMILES string of the molecule is CCc1ccc(C2(CNC)CCCCC2)cc1. The molecule has 2 rings (SSSR count). The Morgan fingerprint density at radius 2 is 1.71 bits per heavy atom. The standard InChI is InChI=1S/C16H25N/c1-3-14-7-9-15(10-8-14)16(13-17-2)11-5-4-6-12-16/h7-10,17H,3-6,11-13H2,1-2H3. The van der Waals surface area contributed by atoms with E-state index in [2.05, 4.69) is 43.6 Å². The first-order chi connectivity index (χ1) is 8.30. The number of hydrogen-bond acceptors (Lipinski definition) is 1. The summed E-state index contributed by atoms with van der Waals surface area (Å²) in [6, 6.07) is 9.34. The third-order valence-corrected chi connectivity index (χ3v) is 4.30. The second kappa shape index (κ2) is 5.68. The maximum Gasteiger partial charge on any atom is 0.00776 e. The average molecular weight is 231 g/mol. The maximum atomic E-state index is 3.41. The molecule has 1 aliphatic carbocycles. The zero-order valence-electron chi connectivity index (χ0n) is 11.3. The molecule has 1 aromatic rings. The highest BCUT2D eigenvalue weighted by atomic mass is 14.8. The van der Waals surface area contributed by atoms with Gasteiger partial charge in [0, 0.05) is 12.0 Å². The summed E-state index contributed by atoms with van der Waals surface area (Å²) in [5.41, 5.74) is 3.40. The van der Waals surface area contributed by atoms with Crippen LogP contribution in [0.2, 0.25) is 0 Å². The highest BCUT2D eigenvalue weighted by Crippen LogP contribution is 2.39. The van der Waals surface area contributed by atoms with Crippen molar-refractivity contribution in [2.45, 2.75) is 50.9 Å². The van der Waals surface area contributed by atoms with Crippen molar-refractivity contribution in [2.24, 2.45) is 0 Å². The molecule has 94 valence electrons. The molecule has 0 unspecified atom stereocenters. The Bertz CT molecular complexity index is 328. The van der Waals surface area contributed by atoms with Crippen LogP contribution < -0.4 is 5.32 Å². The molecule has 1 aromatic carbocycles. The summed E-state index contributed by atoms with van der Waals surface area (Å²) in [7, 11) is 2.08. The van der Waals surface area contributed by atoms with E-state index in [1.54, 1.807) is 5.56 Å². The number of likely N-dealkylation sites (N-methyl/N-ethyl adjacent to an activating group) is 1. The van der Waals surface area contributed by atoms with Crippen molar-refractivity contribution in [1.82, 2.24) is 5.32 Å². The minimum atomic E-state index is 0.402. The predicted molar refractivity (Wildman–Crippen MR) is 74.5 cm³/mol. The molecule has 0 amide bonds. The van der Waals surface area contributed by atoms with Crippen LogP contribution in [0.5, 0.6) is 0 Å². The largest absolute Gasteiger partial charge is 0.319 e. The Morgan fingerprint density at radius 1 is 1.06 bits per heavy atom. The van der Waals surface area contributed by atoms with Crippen molar-refractivity contribution >= 4 is 0 Å². The fourth-order valence-corrected chi connectivity index (χ4v) is 3.23. The van der Waals surface area contributed by atoms with E-state index in [4.69, 9.17) is 0 Å². The number of hydrogen-bond donors (Lipinski definition) is 1. The first kappa shape index (κ1) is 12.6. The summed E-state index contributed by atoms with van der Waals surface area (Å²) in [6.45, 7) is 3.34. The Labute approximate surface area is 106 Å². The molecule has 0 heterocycles. The Morgan fingerprint density at radius 3 is 2.24 bits per heavy atom. The summed E-state index contributed by atoms with van der Waals surface area (Å²) in [6.07, 6.45) is 8.02. The van der Waals surface area contributed by atoms with Crippen LogP contribution in [-0.2, 0) is 11.8 Å². The Balaban J connectivity index is 2.24. The second-order valence-electron chi connectivity index (χ2n) is 5.42. The van der Waals surface area contributed by atoms with Gasteiger partial charge in [0.2, 0.25) is 0 Å². The first-order valence-corrected chi connectivity index (χ1v) is 7.05. The van der Waals surface area contributed by atoms with Crippen LogP contribution >= 0.6 is 0 Å². The van der Waals surface area contributed by atoms with Gasteiger partial charge in [-0.25, -0.2) is 0 Å². The quantitative estimate of drug-likeness (QED) is 0.833. The van der Waals surface area contributed by atoms with E-state index in [0.29, 0.717) is 5.41 Å². The van der Waals surface area contributed by atoms with Crippen molar-refractivity contribution in [3.8, 4) is 0 Å². The second-order valence-corrected chi connectivity index (χ2v) is 5.42. The number of benzene rings is 1. The van der Waals surface area contributed by atoms with Gasteiger partial charge in [0.05, 0.1) is 0 Å². The lowest BCUT2D eigenvalue weighted by molar-refractivity contribution is 0.286. The average Bonchev–Trinajstić information content (AvgIpc) is 2.40. The van der Waals surface area contributed by atoms with E-state index in [-0.39, 0.29) is 0 Å². The van der Waals surface area contributed by atoms with E-state index in [0.717, 1.165) is 13.0 Å². The third-order valence-electron chi connectivity index (χ3n) is 4.30. The predicted octanol–water partition coefficient (Wildman–Crippen LogP) is 3.67. The van der Waals surface area contributed by atoms with Crippen molar-refractivity contribution in [3.05, 3.63) is 35.4 Å². The van der Waals surface area contributed by atoms with Crippen LogP contribution in [0, 0.1) is 0 Å². The molecule has 1 N–H and O–H groups in total. The van der Waals surface area contributed by atoms with Gasteiger partial charge in [-0.3, -0.25) is 0 Å². The lowest BCUT2D eigenvalue weighted by Crippen LogP contribution is -2.38. The van der Waals surface area contributed by atoms with Gasteiger partial charge in [0.15, 0.2) is 0 Å². The molecule has 0 aliphatic heterocycles. The monoisotopic (exact) mass is 231 g/mol. The van der Waals surface area contributed by atoms with E-state index in [1.807, 2.05) is 0 Å². The normalized spacial score (nSPS) is 19.2. The van der Waals surface area contributed by atoms with Crippen molar-refractivity contribution in [3.63, 3.8) is 0 Å². The van der Waals surface area contributed by atoms with Gasteiger partial charge in [-0.2, -0.15) is 0 Å². The zero-order chi connectivity index (χ0) is 12.1. The van der Waals surface area contributed by atoms with Gasteiger partial charge in [-0.05, 0) is 37.4 Å². The molecule has 0 spiro atoms. The smallest absolute Gasteiger partial charge is 0.00776 e. The summed E-state index contributed by atoms with van der Waals surface area (Å²) in [4.78, 5) is 0. The molecule has 1 fully saturated rings. The van der Waals surface area contributed by atoms with E-state index >= 15 is 0 Å². The van der Waals surface area contributed by atoms with Gasteiger partial charge in [0.1, 0.15) is 0 Å². The van der Waals surface area contributed by atoms with Crippen LogP contribution in [-0.4, -0.2) is 13.6 Å². The molecule has 1 saturated carbocycles. The number of nitrogens with one attached hydrogen (secondary N) is 1. The maximum absolute atomic E-state index is 3.41. The summed E-state index contributed by atoms with van der Waals surface area (Å²) >= 11 is 0. The van der Waals surface area contributed by atoms with E-state index in [9.17, 15) is 0 Å². The molecule has 1 aliphatic rings. The van der Waals surface area contributed by atoms with Crippen LogP contribution in [0.15, 0.2) is 24.3 Å². The van der Waals surface area contributed by atoms with Crippen molar-refractivity contribution in [1.29, 1.82) is 0 Å². The molecule has 17 heavy (non-hydrogen) atoms.